The van der Waals surface area contributed by atoms with Crippen LogP contribution in [0.4, 0.5) is 0 Å². The molecule has 0 aliphatic carbocycles. The van der Waals surface area contributed by atoms with Gasteiger partial charge in [-0.2, -0.15) is 5.10 Å². The number of hydrogen-bond donors (Lipinski definition) is 1. The van der Waals surface area contributed by atoms with Gasteiger partial charge >= 0.3 is 0 Å². The molecule has 120 valence electrons. The first-order valence-corrected chi connectivity index (χ1v) is 8.30. The van der Waals surface area contributed by atoms with E-state index in [4.69, 9.17) is 11.6 Å². The molecule has 0 saturated carbocycles. The highest BCUT2D eigenvalue weighted by Crippen LogP contribution is 2.20. The van der Waals surface area contributed by atoms with Crippen LogP contribution in [0.3, 0.4) is 0 Å². The molecule has 0 atom stereocenters. The minimum Gasteiger partial charge on any atom is -0.277 e. The first-order chi connectivity index (χ1) is 12.3. The molecule has 0 saturated heterocycles. The molecule has 1 N–H and O–H groups in total. The molecule has 0 unspecified atom stereocenters. The van der Waals surface area contributed by atoms with E-state index >= 15 is 0 Å². The summed E-state index contributed by atoms with van der Waals surface area (Å²) in [6.07, 6.45) is 2.55. The lowest BCUT2D eigenvalue weighted by molar-refractivity contribution is 1.10. The molecule has 2 aromatic heterocycles. The second-order valence-corrected chi connectivity index (χ2v) is 6.16. The maximum atomic E-state index is 6.07. The molecule has 0 bridgehead atoms. The number of fused-ring (bicyclic) bond motifs is 1. The van der Waals surface area contributed by atoms with Crippen molar-refractivity contribution < 1.29 is 0 Å². The standard InChI is InChI=1S/C21H14ClN3/c22-17-5-3-4-15(13-17)12-16-7-9-20-19(14-16)21(25-24-20)10-8-18-6-1-2-11-23-18/h1-7,9,11,13-14H,12H2,(H,24,25). The van der Waals surface area contributed by atoms with E-state index in [-0.39, 0.29) is 0 Å². The molecule has 0 amide bonds. The lowest BCUT2D eigenvalue weighted by atomic mass is 10.0. The van der Waals surface area contributed by atoms with Crippen LogP contribution in [0.5, 0.6) is 0 Å². The highest BCUT2D eigenvalue weighted by molar-refractivity contribution is 6.30. The van der Waals surface area contributed by atoms with Gasteiger partial charge in [-0.3, -0.25) is 5.10 Å². The van der Waals surface area contributed by atoms with Crippen molar-refractivity contribution in [3.05, 3.63) is 94.4 Å². The van der Waals surface area contributed by atoms with Gasteiger partial charge in [0.15, 0.2) is 0 Å². The predicted molar refractivity (Wildman–Crippen MR) is 101 cm³/mol. The number of benzene rings is 2. The lowest BCUT2D eigenvalue weighted by Crippen LogP contribution is -1.88. The van der Waals surface area contributed by atoms with Crippen molar-refractivity contribution in [2.45, 2.75) is 6.42 Å². The Morgan fingerprint density at radius 3 is 2.68 bits per heavy atom. The molecule has 3 nitrogen and oxygen atoms in total. The van der Waals surface area contributed by atoms with E-state index in [9.17, 15) is 0 Å². The van der Waals surface area contributed by atoms with Crippen LogP contribution in [0.15, 0.2) is 66.9 Å². The van der Waals surface area contributed by atoms with E-state index < -0.39 is 0 Å². The van der Waals surface area contributed by atoms with Crippen LogP contribution in [0.1, 0.15) is 22.5 Å². The third kappa shape index (κ3) is 3.55. The summed E-state index contributed by atoms with van der Waals surface area (Å²) in [5, 5.41) is 9.13. The molecule has 4 aromatic rings. The van der Waals surface area contributed by atoms with Crippen molar-refractivity contribution >= 4 is 22.5 Å². The number of hydrogen-bond acceptors (Lipinski definition) is 2. The molecule has 4 rings (SSSR count). The third-order valence-electron chi connectivity index (χ3n) is 3.90. The molecule has 25 heavy (non-hydrogen) atoms. The van der Waals surface area contributed by atoms with Gasteiger partial charge in [0.05, 0.1) is 5.52 Å². The topological polar surface area (TPSA) is 41.6 Å². The summed E-state index contributed by atoms with van der Waals surface area (Å²) in [7, 11) is 0. The molecule has 0 radical (unpaired) electrons. The highest BCUT2D eigenvalue weighted by Gasteiger charge is 2.05. The van der Waals surface area contributed by atoms with Crippen LogP contribution in [-0.2, 0) is 6.42 Å². The molecule has 0 aliphatic rings. The Hall–Kier alpha value is -3.09. The molecule has 0 aliphatic heterocycles. The molecular formula is C21H14ClN3. The van der Waals surface area contributed by atoms with E-state index in [0.717, 1.165) is 33.7 Å². The monoisotopic (exact) mass is 343 g/mol. The SMILES string of the molecule is Clc1cccc(Cc2ccc3[nH]nc(C#Cc4ccccn4)c3c2)c1. The van der Waals surface area contributed by atoms with Crippen molar-refractivity contribution in [3.63, 3.8) is 0 Å². The van der Waals surface area contributed by atoms with Crippen LogP contribution >= 0.6 is 11.6 Å². The minimum atomic E-state index is 0.730. The fourth-order valence-corrected chi connectivity index (χ4v) is 2.92. The van der Waals surface area contributed by atoms with Gasteiger partial charge in [0.1, 0.15) is 11.4 Å². The summed E-state index contributed by atoms with van der Waals surface area (Å²) in [6, 6.07) is 19.9. The summed E-state index contributed by atoms with van der Waals surface area (Å²) in [6.45, 7) is 0. The largest absolute Gasteiger partial charge is 0.277 e. The lowest BCUT2D eigenvalue weighted by Gasteiger charge is -2.03. The van der Waals surface area contributed by atoms with Gasteiger partial charge in [-0.25, -0.2) is 4.98 Å². The van der Waals surface area contributed by atoms with E-state index in [1.54, 1.807) is 6.20 Å². The number of nitrogens with zero attached hydrogens (tertiary/aromatic N) is 2. The Labute approximate surface area is 150 Å². The third-order valence-corrected chi connectivity index (χ3v) is 4.13. The average Bonchev–Trinajstić information content (AvgIpc) is 3.03. The van der Waals surface area contributed by atoms with E-state index in [1.807, 2.05) is 42.5 Å². The fourth-order valence-electron chi connectivity index (χ4n) is 2.71. The van der Waals surface area contributed by atoms with Gasteiger partial charge in [-0.15, -0.1) is 0 Å². The zero-order chi connectivity index (χ0) is 17.1. The normalized spacial score (nSPS) is 10.4. The first-order valence-electron chi connectivity index (χ1n) is 7.92. The summed E-state index contributed by atoms with van der Waals surface area (Å²) < 4.78 is 0. The Balaban J connectivity index is 1.67. The molecule has 2 heterocycles. The van der Waals surface area contributed by atoms with Gasteiger partial charge in [0.25, 0.3) is 0 Å². The number of H-pyrrole nitrogens is 1. The Kier molecular flexibility index (Phi) is 4.20. The van der Waals surface area contributed by atoms with Crippen LogP contribution in [0.25, 0.3) is 10.9 Å². The molecule has 2 aromatic carbocycles. The summed E-state index contributed by atoms with van der Waals surface area (Å²) >= 11 is 6.07. The summed E-state index contributed by atoms with van der Waals surface area (Å²) in [4.78, 5) is 4.22. The number of halogens is 1. The Bertz CT molecular complexity index is 1090. The maximum Gasteiger partial charge on any atom is 0.143 e. The smallest absolute Gasteiger partial charge is 0.143 e. The van der Waals surface area contributed by atoms with Gasteiger partial charge in [0.2, 0.25) is 0 Å². The minimum absolute atomic E-state index is 0.730. The van der Waals surface area contributed by atoms with Crippen molar-refractivity contribution in [1.29, 1.82) is 0 Å². The van der Waals surface area contributed by atoms with E-state index in [2.05, 4.69) is 45.2 Å². The van der Waals surface area contributed by atoms with Crippen LogP contribution in [-0.4, -0.2) is 15.2 Å². The molecule has 0 spiro atoms. The maximum absolute atomic E-state index is 6.07. The van der Waals surface area contributed by atoms with Crippen molar-refractivity contribution in [2.24, 2.45) is 0 Å². The second kappa shape index (κ2) is 6.80. The molecule has 4 heteroatoms. The van der Waals surface area contributed by atoms with Gasteiger partial charge in [-0.1, -0.05) is 35.9 Å². The quantitative estimate of drug-likeness (QED) is 0.540. The fraction of sp³-hybridized carbons (Fsp3) is 0.0476. The number of aromatic nitrogens is 3. The zero-order valence-corrected chi connectivity index (χ0v) is 14.1. The summed E-state index contributed by atoms with van der Waals surface area (Å²) in [5.41, 5.74) is 4.80. The summed E-state index contributed by atoms with van der Waals surface area (Å²) in [5.74, 6) is 6.16. The molecule has 0 fully saturated rings. The van der Waals surface area contributed by atoms with Crippen LogP contribution in [0, 0.1) is 11.8 Å². The van der Waals surface area contributed by atoms with Gasteiger partial charge < -0.3 is 0 Å². The van der Waals surface area contributed by atoms with Crippen molar-refractivity contribution in [3.8, 4) is 11.8 Å². The second-order valence-electron chi connectivity index (χ2n) is 5.72. The number of pyridine rings is 1. The van der Waals surface area contributed by atoms with Crippen LogP contribution in [0.2, 0.25) is 5.02 Å². The Morgan fingerprint density at radius 1 is 0.920 bits per heavy atom. The van der Waals surface area contributed by atoms with E-state index in [1.165, 1.54) is 11.1 Å². The first kappa shape index (κ1) is 15.4. The van der Waals surface area contributed by atoms with Crippen molar-refractivity contribution in [1.82, 2.24) is 15.2 Å². The average molecular weight is 344 g/mol. The van der Waals surface area contributed by atoms with Crippen LogP contribution < -0.4 is 0 Å². The van der Waals surface area contributed by atoms with Gasteiger partial charge in [0, 0.05) is 16.6 Å². The number of aromatic amines is 1. The van der Waals surface area contributed by atoms with Gasteiger partial charge in [-0.05, 0) is 65.8 Å². The molecular weight excluding hydrogens is 330 g/mol. The van der Waals surface area contributed by atoms with Crippen molar-refractivity contribution in [2.75, 3.05) is 0 Å². The zero-order valence-electron chi connectivity index (χ0n) is 13.3. The highest BCUT2D eigenvalue weighted by atomic mass is 35.5. The number of rotatable bonds is 2. The van der Waals surface area contributed by atoms with E-state index in [0.29, 0.717) is 0 Å². The Morgan fingerprint density at radius 2 is 1.84 bits per heavy atom. The number of nitrogens with one attached hydrogen (secondary N) is 1. The predicted octanol–water partition coefficient (Wildman–Crippen LogP) is 4.60.